The van der Waals surface area contributed by atoms with Crippen LogP contribution in [-0.2, 0) is 0 Å². The highest BCUT2D eigenvalue weighted by atomic mass is 14.2. The molecule has 0 atom stereocenters. The Balaban J connectivity index is 3.81. The number of hydrogen-bond donors (Lipinski definition) is 0. The SMILES string of the molecule is C=C/C=C\C=C(/C)CC#N. The van der Waals surface area contributed by atoms with Gasteiger partial charge in [0.1, 0.15) is 0 Å². The summed E-state index contributed by atoms with van der Waals surface area (Å²) < 4.78 is 0. The number of nitriles is 1. The highest BCUT2D eigenvalue weighted by molar-refractivity contribution is 5.16. The Bertz CT molecular complexity index is 191. The molecule has 0 bridgehead atoms. The minimum atomic E-state index is 0.501. The van der Waals surface area contributed by atoms with E-state index in [4.69, 9.17) is 5.26 Å². The van der Waals surface area contributed by atoms with Gasteiger partial charge in [-0.25, -0.2) is 0 Å². The molecular weight excluding hydrogens is 122 g/mol. The van der Waals surface area contributed by atoms with Gasteiger partial charge in [-0.05, 0) is 6.92 Å². The second kappa shape index (κ2) is 5.84. The molecule has 52 valence electrons. The van der Waals surface area contributed by atoms with Crippen molar-refractivity contribution in [1.29, 1.82) is 5.26 Å². The van der Waals surface area contributed by atoms with Gasteiger partial charge in [0.15, 0.2) is 0 Å². The van der Waals surface area contributed by atoms with Crippen molar-refractivity contribution in [2.45, 2.75) is 13.3 Å². The number of allylic oxidation sites excluding steroid dienone is 5. The molecule has 0 aliphatic rings. The first-order chi connectivity index (χ1) is 4.81. The van der Waals surface area contributed by atoms with Crippen LogP contribution >= 0.6 is 0 Å². The van der Waals surface area contributed by atoms with E-state index in [1.165, 1.54) is 0 Å². The molecule has 10 heavy (non-hydrogen) atoms. The zero-order chi connectivity index (χ0) is 7.82. The zero-order valence-electron chi connectivity index (χ0n) is 6.17. The molecule has 0 aromatic rings. The average molecular weight is 133 g/mol. The molecule has 0 heterocycles. The summed E-state index contributed by atoms with van der Waals surface area (Å²) in [5.41, 5.74) is 1.07. The maximum absolute atomic E-state index is 8.26. The van der Waals surface area contributed by atoms with Crippen molar-refractivity contribution in [3.63, 3.8) is 0 Å². The number of hydrogen-bond acceptors (Lipinski definition) is 1. The monoisotopic (exact) mass is 133 g/mol. The van der Waals surface area contributed by atoms with Gasteiger partial charge in [0.25, 0.3) is 0 Å². The van der Waals surface area contributed by atoms with Gasteiger partial charge in [0.05, 0.1) is 12.5 Å². The highest BCUT2D eigenvalue weighted by Crippen LogP contribution is 1.97. The van der Waals surface area contributed by atoms with E-state index in [2.05, 4.69) is 12.6 Å². The van der Waals surface area contributed by atoms with Gasteiger partial charge in [-0.1, -0.05) is 36.5 Å². The fraction of sp³-hybridized carbons (Fsp3) is 0.222. The third-order valence-electron chi connectivity index (χ3n) is 0.986. The Labute approximate surface area is 62.0 Å². The molecule has 0 fully saturated rings. The Kier molecular flexibility index (Phi) is 5.09. The second-order valence-electron chi connectivity index (χ2n) is 1.97. The molecule has 0 amide bonds. The van der Waals surface area contributed by atoms with Gasteiger partial charge in [-0.2, -0.15) is 5.26 Å². The van der Waals surface area contributed by atoms with E-state index in [1.54, 1.807) is 6.08 Å². The first-order valence-corrected chi connectivity index (χ1v) is 3.13. The summed E-state index contributed by atoms with van der Waals surface area (Å²) >= 11 is 0. The van der Waals surface area contributed by atoms with E-state index in [9.17, 15) is 0 Å². The van der Waals surface area contributed by atoms with E-state index in [0.29, 0.717) is 6.42 Å². The predicted molar refractivity (Wildman–Crippen MR) is 43.3 cm³/mol. The Hall–Kier alpha value is -1.29. The highest BCUT2D eigenvalue weighted by Gasteiger charge is 1.81. The van der Waals surface area contributed by atoms with E-state index in [-0.39, 0.29) is 0 Å². The molecule has 1 heteroatoms. The largest absolute Gasteiger partial charge is 0.198 e. The summed E-state index contributed by atoms with van der Waals surface area (Å²) in [6.45, 7) is 5.45. The summed E-state index contributed by atoms with van der Waals surface area (Å²) in [5, 5.41) is 8.26. The average Bonchev–Trinajstić information content (AvgIpc) is 1.89. The topological polar surface area (TPSA) is 23.8 Å². The second-order valence-corrected chi connectivity index (χ2v) is 1.97. The number of nitrogens with zero attached hydrogens (tertiary/aromatic N) is 1. The van der Waals surface area contributed by atoms with Crippen LogP contribution in [-0.4, -0.2) is 0 Å². The number of rotatable bonds is 3. The molecule has 0 aliphatic carbocycles. The lowest BCUT2D eigenvalue weighted by atomic mass is 10.2. The lowest BCUT2D eigenvalue weighted by Gasteiger charge is -1.85. The fourth-order valence-corrected chi connectivity index (χ4v) is 0.482. The van der Waals surface area contributed by atoms with E-state index in [0.717, 1.165) is 5.57 Å². The first kappa shape index (κ1) is 8.71. The van der Waals surface area contributed by atoms with Crippen molar-refractivity contribution in [3.05, 3.63) is 36.5 Å². The van der Waals surface area contributed by atoms with Gasteiger partial charge in [-0.3, -0.25) is 0 Å². The standard InChI is InChI=1S/C9H11N/c1-3-4-5-6-9(2)7-8-10/h3-6H,1,7H2,2H3/b5-4-,9-6+. The minimum absolute atomic E-state index is 0.501. The lowest BCUT2D eigenvalue weighted by Crippen LogP contribution is -1.69. The Morgan fingerprint density at radius 2 is 2.30 bits per heavy atom. The summed E-state index contributed by atoms with van der Waals surface area (Å²) in [4.78, 5) is 0. The Morgan fingerprint density at radius 3 is 2.80 bits per heavy atom. The van der Waals surface area contributed by atoms with Crippen LogP contribution in [0.25, 0.3) is 0 Å². The molecule has 0 aromatic carbocycles. The molecule has 0 aromatic heterocycles. The van der Waals surface area contributed by atoms with Crippen molar-refractivity contribution in [2.24, 2.45) is 0 Å². The van der Waals surface area contributed by atoms with E-state index in [1.807, 2.05) is 25.2 Å². The van der Waals surface area contributed by atoms with Gasteiger partial charge < -0.3 is 0 Å². The van der Waals surface area contributed by atoms with E-state index >= 15 is 0 Å². The zero-order valence-corrected chi connectivity index (χ0v) is 6.17. The normalized spacial score (nSPS) is 11.4. The first-order valence-electron chi connectivity index (χ1n) is 3.13. The molecule has 0 spiro atoms. The fourth-order valence-electron chi connectivity index (χ4n) is 0.482. The van der Waals surface area contributed by atoms with Crippen LogP contribution < -0.4 is 0 Å². The molecule has 0 radical (unpaired) electrons. The van der Waals surface area contributed by atoms with Gasteiger partial charge in [0, 0.05) is 0 Å². The molecule has 1 nitrogen and oxygen atoms in total. The lowest BCUT2D eigenvalue weighted by molar-refractivity contribution is 1.21. The molecular formula is C9H11N. The van der Waals surface area contributed by atoms with Gasteiger partial charge in [-0.15, -0.1) is 0 Å². The molecule has 0 unspecified atom stereocenters. The smallest absolute Gasteiger partial charge is 0.0666 e. The third kappa shape index (κ3) is 4.86. The van der Waals surface area contributed by atoms with Crippen LogP contribution in [0.2, 0.25) is 0 Å². The molecule has 0 saturated heterocycles. The summed E-state index contributed by atoms with van der Waals surface area (Å²) in [7, 11) is 0. The van der Waals surface area contributed by atoms with Gasteiger partial charge in [0.2, 0.25) is 0 Å². The third-order valence-corrected chi connectivity index (χ3v) is 0.986. The van der Waals surface area contributed by atoms with Crippen molar-refractivity contribution in [1.82, 2.24) is 0 Å². The van der Waals surface area contributed by atoms with E-state index < -0.39 is 0 Å². The van der Waals surface area contributed by atoms with Gasteiger partial charge >= 0.3 is 0 Å². The molecule has 0 saturated carbocycles. The maximum atomic E-state index is 8.26. The van der Waals surface area contributed by atoms with Crippen molar-refractivity contribution >= 4 is 0 Å². The molecule has 0 aliphatic heterocycles. The minimum Gasteiger partial charge on any atom is -0.198 e. The summed E-state index contributed by atoms with van der Waals surface area (Å²) in [6.07, 6.45) is 7.82. The van der Waals surface area contributed by atoms with Crippen LogP contribution in [0, 0.1) is 11.3 Å². The molecule has 0 rings (SSSR count). The molecule has 0 N–H and O–H groups in total. The van der Waals surface area contributed by atoms with Crippen molar-refractivity contribution in [3.8, 4) is 6.07 Å². The quantitative estimate of drug-likeness (QED) is 0.543. The summed E-state index contributed by atoms with van der Waals surface area (Å²) in [6, 6.07) is 2.07. The predicted octanol–water partition coefficient (Wildman–Crippen LogP) is 2.59. The van der Waals surface area contributed by atoms with Crippen LogP contribution in [0.5, 0.6) is 0 Å². The van der Waals surface area contributed by atoms with Crippen molar-refractivity contribution in [2.75, 3.05) is 0 Å². The van der Waals surface area contributed by atoms with Crippen LogP contribution in [0.4, 0.5) is 0 Å². The maximum Gasteiger partial charge on any atom is 0.0666 e. The van der Waals surface area contributed by atoms with Crippen LogP contribution in [0.15, 0.2) is 36.5 Å². The van der Waals surface area contributed by atoms with Crippen LogP contribution in [0.3, 0.4) is 0 Å². The van der Waals surface area contributed by atoms with Crippen molar-refractivity contribution < 1.29 is 0 Å². The summed E-state index contributed by atoms with van der Waals surface area (Å²) in [5.74, 6) is 0. The van der Waals surface area contributed by atoms with Crippen LogP contribution in [0.1, 0.15) is 13.3 Å². The Morgan fingerprint density at radius 1 is 1.60 bits per heavy atom.